The zero-order valence-electron chi connectivity index (χ0n) is 7.86. The zero-order chi connectivity index (χ0) is 9.97. The first-order valence-corrected chi connectivity index (χ1v) is 4.73. The molecule has 1 fully saturated rings. The molecule has 0 spiro atoms. The quantitative estimate of drug-likeness (QED) is 0.728. The maximum Gasteiger partial charge on any atom is 0.227 e. The smallest absolute Gasteiger partial charge is 0.227 e. The third kappa shape index (κ3) is 1.92. The molecule has 0 aromatic carbocycles. The van der Waals surface area contributed by atoms with Crippen molar-refractivity contribution in [1.29, 1.82) is 0 Å². The Balaban J connectivity index is 2.14. The monoisotopic (exact) mass is 196 g/mol. The van der Waals surface area contributed by atoms with E-state index in [0.29, 0.717) is 24.7 Å². The van der Waals surface area contributed by atoms with Gasteiger partial charge in [0.15, 0.2) is 0 Å². The number of anilines is 2. The molecule has 1 aromatic heterocycles. The van der Waals surface area contributed by atoms with E-state index in [1.54, 1.807) is 12.3 Å². The van der Waals surface area contributed by atoms with Crippen molar-refractivity contribution in [3.05, 3.63) is 12.3 Å². The standard InChI is InChI=1S/C9H13FN4/c10-7-2-1-5-14(6-7)9-12-4-3-8(11)13-9/h3-4,7H,1-2,5-6H2,(H2,11,12,13). The number of hydrogen-bond acceptors (Lipinski definition) is 4. The van der Waals surface area contributed by atoms with Crippen molar-refractivity contribution in [1.82, 2.24) is 9.97 Å². The van der Waals surface area contributed by atoms with Gasteiger partial charge in [0, 0.05) is 12.7 Å². The summed E-state index contributed by atoms with van der Waals surface area (Å²) in [5.41, 5.74) is 5.53. The molecule has 1 aliphatic rings. The summed E-state index contributed by atoms with van der Waals surface area (Å²) in [6, 6.07) is 1.63. The Labute approximate surface area is 82.0 Å². The molecule has 0 aliphatic carbocycles. The number of nitrogens with zero attached hydrogens (tertiary/aromatic N) is 3. The molecule has 5 heteroatoms. The Kier molecular flexibility index (Phi) is 2.47. The van der Waals surface area contributed by atoms with Crippen LogP contribution in [0, 0.1) is 0 Å². The van der Waals surface area contributed by atoms with Crippen LogP contribution in [0.5, 0.6) is 0 Å². The lowest BCUT2D eigenvalue weighted by Crippen LogP contribution is -2.37. The average molecular weight is 196 g/mol. The number of nitrogen functional groups attached to an aromatic ring is 1. The van der Waals surface area contributed by atoms with Crippen molar-refractivity contribution >= 4 is 11.8 Å². The number of halogens is 1. The van der Waals surface area contributed by atoms with E-state index >= 15 is 0 Å². The maximum atomic E-state index is 13.1. The minimum Gasteiger partial charge on any atom is -0.384 e. The number of aromatic nitrogens is 2. The van der Waals surface area contributed by atoms with E-state index in [9.17, 15) is 4.39 Å². The molecule has 2 rings (SSSR count). The third-order valence-electron chi connectivity index (χ3n) is 2.31. The van der Waals surface area contributed by atoms with E-state index in [0.717, 1.165) is 13.0 Å². The third-order valence-corrected chi connectivity index (χ3v) is 2.31. The molecule has 2 heterocycles. The summed E-state index contributed by atoms with van der Waals surface area (Å²) in [5, 5.41) is 0. The molecule has 2 N–H and O–H groups in total. The van der Waals surface area contributed by atoms with Crippen LogP contribution in [0.1, 0.15) is 12.8 Å². The lowest BCUT2D eigenvalue weighted by atomic mass is 10.1. The Bertz CT molecular complexity index is 317. The van der Waals surface area contributed by atoms with Gasteiger partial charge in [0.25, 0.3) is 0 Å². The number of piperidine rings is 1. The number of nitrogens with two attached hydrogens (primary N) is 1. The fraction of sp³-hybridized carbons (Fsp3) is 0.556. The van der Waals surface area contributed by atoms with Gasteiger partial charge in [-0.1, -0.05) is 0 Å². The van der Waals surface area contributed by atoms with Crippen LogP contribution in [0.2, 0.25) is 0 Å². The first-order valence-electron chi connectivity index (χ1n) is 4.73. The first kappa shape index (κ1) is 9.18. The zero-order valence-corrected chi connectivity index (χ0v) is 7.86. The second-order valence-electron chi connectivity index (χ2n) is 3.47. The highest BCUT2D eigenvalue weighted by Gasteiger charge is 2.20. The van der Waals surface area contributed by atoms with Gasteiger partial charge in [0.05, 0.1) is 6.54 Å². The Hall–Kier alpha value is -1.39. The van der Waals surface area contributed by atoms with E-state index < -0.39 is 6.17 Å². The van der Waals surface area contributed by atoms with Crippen LogP contribution in [-0.4, -0.2) is 29.2 Å². The molecule has 4 nitrogen and oxygen atoms in total. The summed E-state index contributed by atoms with van der Waals surface area (Å²) in [6.45, 7) is 1.19. The van der Waals surface area contributed by atoms with Crippen molar-refractivity contribution in [2.24, 2.45) is 0 Å². The van der Waals surface area contributed by atoms with Gasteiger partial charge in [-0.3, -0.25) is 0 Å². The molecule has 1 atom stereocenters. The second kappa shape index (κ2) is 3.77. The molecule has 0 bridgehead atoms. The van der Waals surface area contributed by atoms with Crippen LogP contribution in [0.25, 0.3) is 0 Å². The predicted molar refractivity (Wildman–Crippen MR) is 52.8 cm³/mol. The first-order chi connectivity index (χ1) is 6.75. The molecule has 1 aliphatic heterocycles. The van der Waals surface area contributed by atoms with Gasteiger partial charge in [-0.2, -0.15) is 4.98 Å². The van der Waals surface area contributed by atoms with Crippen LogP contribution in [-0.2, 0) is 0 Å². The van der Waals surface area contributed by atoms with Crippen LogP contribution < -0.4 is 10.6 Å². The predicted octanol–water partition coefficient (Wildman–Crippen LogP) is 0.997. The molecule has 76 valence electrons. The van der Waals surface area contributed by atoms with E-state index in [4.69, 9.17) is 5.73 Å². The topological polar surface area (TPSA) is 55.0 Å². The van der Waals surface area contributed by atoms with Crippen molar-refractivity contribution in [3.63, 3.8) is 0 Å². The van der Waals surface area contributed by atoms with Crippen LogP contribution >= 0.6 is 0 Å². The summed E-state index contributed by atoms with van der Waals surface area (Å²) in [4.78, 5) is 9.96. The lowest BCUT2D eigenvalue weighted by Gasteiger charge is -2.28. The molecule has 1 aromatic rings. The fourth-order valence-corrected chi connectivity index (χ4v) is 1.62. The van der Waals surface area contributed by atoms with Crippen molar-refractivity contribution in [3.8, 4) is 0 Å². The summed E-state index contributed by atoms with van der Waals surface area (Å²) in [7, 11) is 0. The molecule has 1 saturated heterocycles. The van der Waals surface area contributed by atoms with Gasteiger partial charge < -0.3 is 10.6 Å². The molecule has 0 saturated carbocycles. The highest BCUT2D eigenvalue weighted by molar-refractivity contribution is 5.38. The SMILES string of the molecule is Nc1ccnc(N2CCCC(F)C2)n1. The maximum absolute atomic E-state index is 13.1. The minimum absolute atomic E-state index is 0.378. The molecule has 0 radical (unpaired) electrons. The summed E-state index contributed by atoms with van der Waals surface area (Å²) < 4.78 is 13.1. The number of rotatable bonds is 1. The molecule has 1 unspecified atom stereocenters. The lowest BCUT2D eigenvalue weighted by molar-refractivity contribution is 0.285. The molecular weight excluding hydrogens is 183 g/mol. The highest BCUT2D eigenvalue weighted by atomic mass is 19.1. The van der Waals surface area contributed by atoms with Gasteiger partial charge in [0.1, 0.15) is 12.0 Å². The fourth-order valence-electron chi connectivity index (χ4n) is 1.62. The highest BCUT2D eigenvalue weighted by Crippen LogP contribution is 2.17. The van der Waals surface area contributed by atoms with Crippen molar-refractivity contribution in [2.45, 2.75) is 19.0 Å². The van der Waals surface area contributed by atoms with E-state index in [1.807, 2.05) is 4.90 Å². The largest absolute Gasteiger partial charge is 0.384 e. The van der Waals surface area contributed by atoms with Gasteiger partial charge >= 0.3 is 0 Å². The number of alkyl halides is 1. The second-order valence-corrected chi connectivity index (χ2v) is 3.47. The Morgan fingerprint density at radius 2 is 2.43 bits per heavy atom. The summed E-state index contributed by atoms with van der Waals surface area (Å²) in [5.74, 6) is 0.961. The molecule has 14 heavy (non-hydrogen) atoms. The van der Waals surface area contributed by atoms with E-state index in [-0.39, 0.29) is 0 Å². The van der Waals surface area contributed by atoms with Crippen LogP contribution in [0.3, 0.4) is 0 Å². The van der Waals surface area contributed by atoms with E-state index in [2.05, 4.69) is 9.97 Å². The number of hydrogen-bond donors (Lipinski definition) is 1. The van der Waals surface area contributed by atoms with Crippen molar-refractivity contribution in [2.75, 3.05) is 23.7 Å². The van der Waals surface area contributed by atoms with E-state index in [1.165, 1.54) is 0 Å². The van der Waals surface area contributed by atoms with Gasteiger partial charge in [-0.15, -0.1) is 0 Å². The Morgan fingerprint density at radius 1 is 1.57 bits per heavy atom. The van der Waals surface area contributed by atoms with Crippen LogP contribution in [0.4, 0.5) is 16.2 Å². The summed E-state index contributed by atoms with van der Waals surface area (Å²) in [6.07, 6.45) is 2.31. The average Bonchev–Trinajstić information content (AvgIpc) is 2.18. The summed E-state index contributed by atoms with van der Waals surface area (Å²) >= 11 is 0. The van der Waals surface area contributed by atoms with Crippen molar-refractivity contribution < 1.29 is 4.39 Å². The van der Waals surface area contributed by atoms with Crippen LogP contribution in [0.15, 0.2) is 12.3 Å². The molecule has 0 amide bonds. The minimum atomic E-state index is -0.770. The van der Waals surface area contributed by atoms with Gasteiger partial charge in [-0.05, 0) is 18.9 Å². The van der Waals surface area contributed by atoms with Gasteiger partial charge in [-0.25, -0.2) is 9.37 Å². The van der Waals surface area contributed by atoms with Gasteiger partial charge in [0.2, 0.25) is 5.95 Å². The normalized spacial score (nSPS) is 22.4. The molecular formula is C9H13FN4. The Morgan fingerprint density at radius 3 is 3.14 bits per heavy atom.